The van der Waals surface area contributed by atoms with Gasteiger partial charge < -0.3 is 10.4 Å². The van der Waals surface area contributed by atoms with Crippen LogP contribution in [0.5, 0.6) is 0 Å². The summed E-state index contributed by atoms with van der Waals surface area (Å²) >= 11 is 0. The molecule has 1 aliphatic carbocycles. The molecule has 3 nitrogen and oxygen atoms in total. The number of nitrogens with one attached hydrogen (secondary N) is 1. The summed E-state index contributed by atoms with van der Waals surface area (Å²) in [5.74, 6) is 0.106. The lowest BCUT2D eigenvalue weighted by Gasteiger charge is -2.47. The molecule has 1 saturated heterocycles. The van der Waals surface area contributed by atoms with Crippen LogP contribution in [-0.2, 0) is 4.79 Å². The van der Waals surface area contributed by atoms with Crippen LogP contribution in [0.15, 0.2) is 0 Å². The monoisotopic (exact) mass is 155 g/mol. The van der Waals surface area contributed by atoms with E-state index >= 15 is 0 Å². The second kappa shape index (κ2) is 2.21. The molecule has 3 heteroatoms. The van der Waals surface area contributed by atoms with E-state index in [9.17, 15) is 9.90 Å². The molecule has 11 heavy (non-hydrogen) atoms. The van der Waals surface area contributed by atoms with Gasteiger partial charge in [0, 0.05) is 18.4 Å². The zero-order chi connectivity index (χ0) is 7.90. The summed E-state index contributed by atoms with van der Waals surface area (Å²) in [5, 5.41) is 12.2. The van der Waals surface area contributed by atoms with Gasteiger partial charge in [0.05, 0.1) is 6.10 Å². The van der Waals surface area contributed by atoms with Gasteiger partial charge >= 0.3 is 0 Å². The molecule has 1 saturated carbocycles. The molecule has 0 radical (unpaired) electrons. The van der Waals surface area contributed by atoms with Gasteiger partial charge in [0.25, 0.3) is 0 Å². The van der Waals surface area contributed by atoms with Crippen molar-refractivity contribution >= 4 is 5.91 Å². The quantitative estimate of drug-likeness (QED) is 0.519. The van der Waals surface area contributed by atoms with Crippen molar-refractivity contribution in [2.75, 3.05) is 6.54 Å². The molecule has 1 amide bonds. The van der Waals surface area contributed by atoms with Crippen LogP contribution in [0, 0.1) is 5.41 Å². The van der Waals surface area contributed by atoms with E-state index in [-0.39, 0.29) is 17.4 Å². The third-order valence-electron chi connectivity index (χ3n) is 3.06. The van der Waals surface area contributed by atoms with Gasteiger partial charge in [0.2, 0.25) is 5.91 Å². The normalized spacial score (nSPS) is 34.6. The van der Waals surface area contributed by atoms with Crippen LogP contribution >= 0.6 is 0 Å². The summed E-state index contributed by atoms with van der Waals surface area (Å²) in [7, 11) is 0. The van der Waals surface area contributed by atoms with E-state index in [0.29, 0.717) is 13.0 Å². The molecule has 62 valence electrons. The van der Waals surface area contributed by atoms with E-state index < -0.39 is 0 Å². The van der Waals surface area contributed by atoms with Gasteiger partial charge in [-0.2, -0.15) is 0 Å². The van der Waals surface area contributed by atoms with E-state index in [0.717, 1.165) is 12.8 Å². The molecule has 2 fully saturated rings. The van der Waals surface area contributed by atoms with Crippen molar-refractivity contribution in [1.82, 2.24) is 5.32 Å². The summed E-state index contributed by atoms with van der Waals surface area (Å²) in [5.41, 5.74) is -0.0255. The smallest absolute Gasteiger partial charge is 0.220 e. The van der Waals surface area contributed by atoms with Gasteiger partial charge in [-0.1, -0.05) is 6.42 Å². The first-order valence-corrected chi connectivity index (χ1v) is 4.18. The van der Waals surface area contributed by atoms with E-state index in [1.54, 1.807) is 0 Å². The van der Waals surface area contributed by atoms with Gasteiger partial charge in [0.1, 0.15) is 0 Å². The van der Waals surface area contributed by atoms with Crippen molar-refractivity contribution in [2.45, 2.75) is 31.8 Å². The highest BCUT2D eigenvalue weighted by Crippen LogP contribution is 2.47. The van der Waals surface area contributed by atoms with Crippen molar-refractivity contribution in [3.05, 3.63) is 0 Å². The number of aliphatic hydroxyl groups excluding tert-OH is 1. The Kier molecular flexibility index (Phi) is 1.42. The van der Waals surface area contributed by atoms with Crippen LogP contribution in [0.3, 0.4) is 0 Å². The molecule has 0 bridgehead atoms. The Hall–Kier alpha value is -0.570. The number of hydrogen-bond acceptors (Lipinski definition) is 2. The molecule has 1 heterocycles. The SMILES string of the molecule is O=C1CC2(CCC2)C(O)CN1. The van der Waals surface area contributed by atoms with Crippen LogP contribution < -0.4 is 5.32 Å². The van der Waals surface area contributed by atoms with Crippen molar-refractivity contribution in [3.8, 4) is 0 Å². The molecule has 2 aliphatic rings. The highest BCUT2D eigenvalue weighted by atomic mass is 16.3. The molecule has 1 unspecified atom stereocenters. The van der Waals surface area contributed by atoms with Crippen LogP contribution in [0.4, 0.5) is 0 Å². The molecule has 1 aliphatic heterocycles. The zero-order valence-electron chi connectivity index (χ0n) is 6.47. The number of piperidine rings is 1. The summed E-state index contributed by atoms with van der Waals surface area (Å²) in [6.45, 7) is 0.457. The van der Waals surface area contributed by atoms with Gasteiger partial charge in [-0.15, -0.1) is 0 Å². The minimum absolute atomic E-state index is 0.0255. The highest BCUT2D eigenvalue weighted by molar-refractivity contribution is 5.78. The second-order valence-corrected chi connectivity index (χ2v) is 3.71. The first-order chi connectivity index (χ1) is 5.23. The summed E-state index contributed by atoms with van der Waals surface area (Å²) < 4.78 is 0. The molecule has 2 N–H and O–H groups in total. The summed E-state index contributed by atoms with van der Waals surface area (Å²) in [6, 6.07) is 0. The second-order valence-electron chi connectivity index (χ2n) is 3.71. The van der Waals surface area contributed by atoms with Gasteiger partial charge in [-0.25, -0.2) is 0 Å². The average Bonchev–Trinajstić information content (AvgIpc) is 1.91. The number of β-amino-alcohol motifs (C(OH)–C–C–N with tert-alkyl or cyclic N) is 1. The number of rotatable bonds is 0. The fourth-order valence-electron chi connectivity index (χ4n) is 2.07. The first kappa shape index (κ1) is 7.10. The lowest BCUT2D eigenvalue weighted by atomic mass is 9.62. The summed E-state index contributed by atoms with van der Waals surface area (Å²) in [4.78, 5) is 11.0. The van der Waals surface area contributed by atoms with Gasteiger partial charge in [0.15, 0.2) is 0 Å². The maximum absolute atomic E-state index is 11.0. The van der Waals surface area contributed by atoms with Crippen molar-refractivity contribution in [2.24, 2.45) is 5.41 Å². The van der Waals surface area contributed by atoms with Crippen LogP contribution in [0.25, 0.3) is 0 Å². The van der Waals surface area contributed by atoms with E-state index in [1.165, 1.54) is 6.42 Å². The van der Waals surface area contributed by atoms with Gasteiger partial charge in [-0.05, 0) is 12.8 Å². The Morgan fingerprint density at radius 1 is 1.55 bits per heavy atom. The van der Waals surface area contributed by atoms with E-state index in [2.05, 4.69) is 5.32 Å². The lowest BCUT2D eigenvalue weighted by Crippen LogP contribution is -2.54. The number of amides is 1. The lowest BCUT2D eigenvalue weighted by molar-refractivity contribution is -0.137. The minimum Gasteiger partial charge on any atom is -0.391 e. The molecule has 1 spiro atoms. The maximum atomic E-state index is 11.0. The van der Waals surface area contributed by atoms with Crippen molar-refractivity contribution < 1.29 is 9.90 Å². The third-order valence-corrected chi connectivity index (χ3v) is 3.06. The van der Waals surface area contributed by atoms with Crippen LogP contribution in [-0.4, -0.2) is 23.7 Å². The first-order valence-electron chi connectivity index (χ1n) is 4.18. The molecular formula is C8H13NO2. The van der Waals surface area contributed by atoms with E-state index in [1.807, 2.05) is 0 Å². The number of carbonyl (C=O) groups is 1. The topological polar surface area (TPSA) is 49.3 Å². The highest BCUT2D eigenvalue weighted by Gasteiger charge is 2.47. The number of hydrogen-bond donors (Lipinski definition) is 2. The molecule has 2 rings (SSSR count). The minimum atomic E-state index is -0.297. The summed E-state index contributed by atoms with van der Waals surface area (Å²) in [6.07, 6.45) is 3.47. The largest absolute Gasteiger partial charge is 0.391 e. The standard InChI is InChI=1S/C8H13NO2/c10-6-5-9-7(11)4-8(6)2-1-3-8/h6,10H,1-5H2,(H,9,11). The fraction of sp³-hybridized carbons (Fsp3) is 0.875. The molecule has 1 atom stereocenters. The van der Waals surface area contributed by atoms with Gasteiger partial charge in [-0.3, -0.25) is 4.79 Å². The average molecular weight is 155 g/mol. The molecule has 0 aromatic heterocycles. The van der Waals surface area contributed by atoms with E-state index in [4.69, 9.17) is 0 Å². The Bertz CT molecular complexity index is 187. The predicted octanol–water partition coefficient (Wildman–Crippen LogP) is 0.0375. The fourth-order valence-corrected chi connectivity index (χ4v) is 2.07. The Balaban J connectivity index is 2.10. The number of aliphatic hydroxyl groups is 1. The molecular weight excluding hydrogens is 142 g/mol. The number of carbonyl (C=O) groups excluding carboxylic acids is 1. The Morgan fingerprint density at radius 3 is 2.73 bits per heavy atom. The predicted molar refractivity (Wildman–Crippen MR) is 39.9 cm³/mol. The molecule has 0 aromatic rings. The third kappa shape index (κ3) is 0.948. The Morgan fingerprint density at radius 2 is 2.27 bits per heavy atom. The van der Waals surface area contributed by atoms with Crippen LogP contribution in [0.1, 0.15) is 25.7 Å². The van der Waals surface area contributed by atoms with Crippen LogP contribution in [0.2, 0.25) is 0 Å². The zero-order valence-corrected chi connectivity index (χ0v) is 6.47. The van der Waals surface area contributed by atoms with Crippen molar-refractivity contribution in [1.29, 1.82) is 0 Å². The molecule has 0 aromatic carbocycles. The Labute approximate surface area is 65.8 Å². The maximum Gasteiger partial charge on any atom is 0.220 e. The van der Waals surface area contributed by atoms with Crippen molar-refractivity contribution in [3.63, 3.8) is 0 Å².